The standard InChI is InChI=1S/C9H8BrN3O4/c1-5(14)12(6(2)15)9-7(13(16)17)3-4-8(10)11-9/h3-4H,1-2H3. The lowest BCUT2D eigenvalue weighted by Gasteiger charge is -2.15. The van der Waals surface area contributed by atoms with Crippen LogP contribution in [0.5, 0.6) is 0 Å². The second kappa shape index (κ2) is 5.00. The average Bonchev–Trinajstić information content (AvgIpc) is 2.15. The van der Waals surface area contributed by atoms with Crippen LogP contribution in [0.4, 0.5) is 11.5 Å². The largest absolute Gasteiger partial charge is 0.312 e. The molecule has 1 heterocycles. The van der Waals surface area contributed by atoms with Crippen molar-refractivity contribution in [2.45, 2.75) is 13.8 Å². The first-order chi connectivity index (χ1) is 7.84. The third-order valence-corrected chi connectivity index (χ3v) is 2.30. The fourth-order valence-electron chi connectivity index (χ4n) is 1.25. The Bertz CT molecular complexity index is 489. The zero-order chi connectivity index (χ0) is 13.2. The van der Waals surface area contributed by atoms with E-state index in [4.69, 9.17) is 0 Å². The minimum atomic E-state index is -0.701. The van der Waals surface area contributed by atoms with Crippen LogP contribution in [0.2, 0.25) is 0 Å². The molecule has 1 aromatic rings. The highest BCUT2D eigenvalue weighted by atomic mass is 79.9. The molecule has 0 aliphatic carbocycles. The fourth-order valence-corrected chi connectivity index (χ4v) is 1.55. The van der Waals surface area contributed by atoms with E-state index in [1.165, 1.54) is 12.1 Å². The predicted octanol–water partition coefficient (Wildman–Crippen LogP) is 1.65. The number of carbonyl (C=O) groups excluding carboxylic acids is 2. The normalized spacial score (nSPS) is 9.82. The van der Waals surface area contributed by atoms with Crippen molar-refractivity contribution in [3.05, 3.63) is 26.9 Å². The molecule has 0 fully saturated rings. The molecule has 1 rings (SSSR count). The van der Waals surface area contributed by atoms with Crippen LogP contribution in [0.1, 0.15) is 13.8 Å². The maximum absolute atomic E-state index is 11.3. The summed E-state index contributed by atoms with van der Waals surface area (Å²) in [5.74, 6) is -1.55. The fraction of sp³-hybridized carbons (Fsp3) is 0.222. The lowest BCUT2D eigenvalue weighted by atomic mass is 10.3. The highest BCUT2D eigenvalue weighted by Crippen LogP contribution is 2.27. The second-order valence-corrected chi connectivity index (χ2v) is 3.92. The number of anilines is 1. The smallest absolute Gasteiger partial charge is 0.274 e. The molecule has 0 spiro atoms. The van der Waals surface area contributed by atoms with Crippen molar-refractivity contribution in [1.82, 2.24) is 4.98 Å². The van der Waals surface area contributed by atoms with Crippen LogP contribution < -0.4 is 4.90 Å². The van der Waals surface area contributed by atoms with E-state index in [1.807, 2.05) is 0 Å². The number of hydrogen-bond donors (Lipinski definition) is 0. The van der Waals surface area contributed by atoms with Gasteiger partial charge in [0.25, 0.3) is 0 Å². The van der Waals surface area contributed by atoms with Gasteiger partial charge in [0.15, 0.2) is 0 Å². The summed E-state index contributed by atoms with van der Waals surface area (Å²) in [4.78, 5) is 37.1. The minimum absolute atomic E-state index is 0.288. The van der Waals surface area contributed by atoms with Crippen molar-refractivity contribution in [2.75, 3.05) is 4.90 Å². The van der Waals surface area contributed by atoms with Gasteiger partial charge in [-0.15, -0.1) is 0 Å². The number of hydrogen-bond acceptors (Lipinski definition) is 5. The second-order valence-electron chi connectivity index (χ2n) is 3.11. The van der Waals surface area contributed by atoms with Gasteiger partial charge in [0.1, 0.15) is 4.60 Å². The molecule has 0 radical (unpaired) electrons. The lowest BCUT2D eigenvalue weighted by Crippen LogP contribution is -2.34. The Hall–Kier alpha value is -1.83. The van der Waals surface area contributed by atoms with Gasteiger partial charge in [0.05, 0.1) is 4.92 Å². The molecule has 7 nitrogen and oxygen atoms in total. The highest BCUT2D eigenvalue weighted by Gasteiger charge is 2.27. The van der Waals surface area contributed by atoms with Crippen molar-refractivity contribution < 1.29 is 14.5 Å². The zero-order valence-corrected chi connectivity index (χ0v) is 10.6. The van der Waals surface area contributed by atoms with Crippen LogP contribution in [-0.2, 0) is 9.59 Å². The van der Waals surface area contributed by atoms with Gasteiger partial charge in [-0.1, -0.05) is 0 Å². The van der Waals surface area contributed by atoms with E-state index < -0.39 is 22.4 Å². The quantitative estimate of drug-likeness (QED) is 0.470. The molecule has 0 bridgehead atoms. The molecule has 0 N–H and O–H groups in total. The molecule has 1 aromatic heterocycles. The Kier molecular flexibility index (Phi) is 3.89. The van der Waals surface area contributed by atoms with E-state index >= 15 is 0 Å². The molecule has 0 saturated heterocycles. The molecule has 0 aromatic carbocycles. The summed E-state index contributed by atoms with van der Waals surface area (Å²) in [6.45, 7) is 2.27. The zero-order valence-electron chi connectivity index (χ0n) is 9.01. The van der Waals surface area contributed by atoms with E-state index in [-0.39, 0.29) is 5.82 Å². The van der Waals surface area contributed by atoms with E-state index in [2.05, 4.69) is 20.9 Å². The summed E-state index contributed by atoms with van der Waals surface area (Å²) in [6, 6.07) is 2.53. The van der Waals surface area contributed by atoms with Crippen molar-refractivity contribution >= 4 is 39.2 Å². The maximum Gasteiger partial charge on any atom is 0.312 e. The number of rotatable bonds is 2. The predicted molar refractivity (Wildman–Crippen MR) is 62.4 cm³/mol. The molecule has 0 saturated carbocycles. The monoisotopic (exact) mass is 301 g/mol. The minimum Gasteiger partial charge on any atom is -0.274 e. The van der Waals surface area contributed by atoms with Crippen LogP contribution in [-0.4, -0.2) is 21.7 Å². The Labute approximate surface area is 105 Å². The van der Waals surface area contributed by atoms with Gasteiger partial charge < -0.3 is 0 Å². The van der Waals surface area contributed by atoms with E-state index in [1.54, 1.807) is 0 Å². The first-order valence-electron chi connectivity index (χ1n) is 4.46. The van der Waals surface area contributed by atoms with E-state index in [0.29, 0.717) is 9.50 Å². The molecule has 90 valence electrons. The van der Waals surface area contributed by atoms with Gasteiger partial charge in [0.2, 0.25) is 17.6 Å². The average molecular weight is 302 g/mol. The molecule has 0 atom stereocenters. The molecular weight excluding hydrogens is 294 g/mol. The third kappa shape index (κ3) is 2.84. The number of aromatic nitrogens is 1. The Morgan fingerprint density at radius 3 is 2.29 bits per heavy atom. The van der Waals surface area contributed by atoms with E-state index in [9.17, 15) is 19.7 Å². The highest BCUT2D eigenvalue weighted by molar-refractivity contribution is 9.10. The lowest BCUT2D eigenvalue weighted by molar-refractivity contribution is -0.384. The van der Waals surface area contributed by atoms with Crippen molar-refractivity contribution in [2.24, 2.45) is 0 Å². The first kappa shape index (κ1) is 13.2. The Morgan fingerprint density at radius 2 is 1.88 bits per heavy atom. The Morgan fingerprint density at radius 1 is 1.35 bits per heavy atom. The number of carbonyl (C=O) groups is 2. The van der Waals surface area contributed by atoms with Crippen molar-refractivity contribution in [3.8, 4) is 0 Å². The van der Waals surface area contributed by atoms with Crippen LogP contribution in [0.3, 0.4) is 0 Å². The summed E-state index contributed by atoms with van der Waals surface area (Å²) in [5, 5.41) is 10.8. The molecule has 8 heteroatoms. The number of amides is 2. The number of imide groups is 1. The summed E-state index contributed by atoms with van der Waals surface area (Å²) in [5.41, 5.74) is -0.404. The molecular formula is C9H8BrN3O4. The molecule has 0 aliphatic heterocycles. The number of nitro groups is 1. The SMILES string of the molecule is CC(=O)N(C(C)=O)c1nc(Br)ccc1[N+](=O)[O-]. The van der Waals surface area contributed by atoms with E-state index in [0.717, 1.165) is 13.8 Å². The van der Waals surface area contributed by atoms with Crippen LogP contribution in [0.25, 0.3) is 0 Å². The summed E-state index contributed by atoms with van der Waals surface area (Å²) >= 11 is 3.03. The van der Waals surface area contributed by atoms with Crippen molar-refractivity contribution in [1.29, 1.82) is 0 Å². The first-order valence-corrected chi connectivity index (χ1v) is 5.26. The molecule has 2 amide bonds. The Balaban J connectivity index is 3.45. The number of nitrogens with zero attached hydrogens (tertiary/aromatic N) is 3. The summed E-state index contributed by atoms with van der Waals surface area (Å²) in [6.07, 6.45) is 0. The number of pyridine rings is 1. The van der Waals surface area contributed by atoms with Gasteiger partial charge in [-0.3, -0.25) is 19.7 Å². The van der Waals surface area contributed by atoms with Gasteiger partial charge in [-0.25, -0.2) is 9.88 Å². The summed E-state index contributed by atoms with van der Waals surface area (Å²) in [7, 11) is 0. The van der Waals surface area contributed by atoms with Crippen LogP contribution >= 0.6 is 15.9 Å². The van der Waals surface area contributed by atoms with Gasteiger partial charge in [0, 0.05) is 19.9 Å². The van der Waals surface area contributed by atoms with Gasteiger partial charge in [-0.2, -0.15) is 0 Å². The van der Waals surface area contributed by atoms with Crippen LogP contribution in [0.15, 0.2) is 16.7 Å². The topological polar surface area (TPSA) is 93.4 Å². The molecule has 0 aliphatic rings. The maximum atomic E-state index is 11.3. The van der Waals surface area contributed by atoms with Gasteiger partial charge in [-0.05, 0) is 22.0 Å². The third-order valence-electron chi connectivity index (χ3n) is 1.86. The number of halogens is 1. The van der Waals surface area contributed by atoms with Gasteiger partial charge >= 0.3 is 5.69 Å². The molecule has 17 heavy (non-hydrogen) atoms. The van der Waals surface area contributed by atoms with Crippen LogP contribution in [0, 0.1) is 10.1 Å². The molecule has 0 unspecified atom stereocenters. The van der Waals surface area contributed by atoms with Crippen molar-refractivity contribution in [3.63, 3.8) is 0 Å². The summed E-state index contributed by atoms with van der Waals surface area (Å²) < 4.78 is 0.297.